The van der Waals surface area contributed by atoms with Gasteiger partial charge in [0.25, 0.3) is 0 Å². The number of unbranched alkanes of at least 4 members (excludes halogenated alkanes) is 5. The number of rotatable bonds is 10. The monoisotopic (exact) mass is 277 g/mol. The van der Waals surface area contributed by atoms with Crippen LogP contribution in [0.4, 0.5) is 5.69 Å². The number of nitrogens with zero attached hydrogens (tertiary/aromatic N) is 1. The minimum absolute atomic E-state index is 0.626. The molecular weight excluding hydrogens is 250 g/mol. The average molecular weight is 277 g/mol. The number of carbonyl (C=O) groups excluding carboxylic acids is 1. The molecule has 0 aliphatic rings. The molecule has 20 heavy (non-hydrogen) atoms. The summed E-state index contributed by atoms with van der Waals surface area (Å²) >= 11 is 0. The Balaban J connectivity index is 2.41. The lowest BCUT2D eigenvalue weighted by molar-refractivity contribution is 0.111. The van der Waals surface area contributed by atoms with Gasteiger partial charge in [0.15, 0.2) is 6.29 Å². The van der Waals surface area contributed by atoms with Gasteiger partial charge in [-0.25, -0.2) is 0 Å². The number of carbonyl (C=O) groups is 1. The first-order chi connectivity index (χ1) is 9.69. The van der Waals surface area contributed by atoms with Gasteiger partial charge in [-0.05, 0) is 18.6 Å². The summed E-state index contributed by atoms with van der Waals surface area (Å²) in [6.45, 7) is 2.91. The van der Waals surface area contributed by atoms with E-state index in [4.69, 9.17) is 4.74 Å². The maximum Gasteiger partial charge on any atom is 0.153 e. The second-order valence-electron chi connectivity index (χ2n) is 5.35. The van der Waals surface area contributed by atoms with Crippen molar-refractivity contribution in [2.45, 2.75) is 45.4 Å². The largest absolute Gasteiger partial charge is 0.493 e. The van der Waals surface area contributed by atoms with E-state index in [2.05, 4.69) is 6.92 Å². The number of hydrogen-bond acceptors (Lipinski definition) is 3. The van der Waals surface area contributed by atoms with Gasteiger partial charge in [-0.1, -0.05) is 39.0 Å². The summed E-state index contributed by atoms with van der Waals surface area (Å²) in [7, 11) is 3.96. The summed E-state index contributed by atoms with van der Waals surface area (Å²) in [6.07, 6.45) is 8.28. The highest BCUT2D eigenvalue weighted by Crippen LogP contribution is 2.24. The van der Waals surface area contributed by atoms with Gasteiger partial charge in [0.1, 0.15) is 5.75 Å². The predicted molar refractivity (Wildman–Crippen MR) is 85.0 cm³/mol. The predicted octanol–water partition coefficient (Wildman–Crippen LogP) is 4.30. The van der Waals surface area contributed by atoms with Gasteiger partial charge in [0.2, 0.25) is 0 Å². The molecule has 1 rings (SSSR count). The maximum atomic E-state index is 11.0. The normalized spacial score (nSPS) is 10.3. The third kappa shape index (κ3) is 5.64. The van der Waals surface area contributed by atoms with Crippen LogP contribution in [0, 0.1) is 0 Å². The first-order valence-electron chi connectivity index (χ1n) is 7.58. The molecule has 0 bridgehead atoms. The fourth-order valence-corrected chi connectivity index (χ4v) is 2.09. The fourth-order valence-electron chi connectivity index (χ4n) is 2.09. The molecule has 0 fully saturated rings. The van der Waals surface area contributed by atoms with Crippen LogP contribution in [0.3, 0.4) is 0 Å². The first kappa shape index (κ1) is 16.5. The van der Waals surface area contributed by atoms with Crippen LogP contribution < -0.4 is 9.64 Å². The molecule has 0 spiro atoms. The lowest BCUT2D eigenvalue weighted by Crippen LogP contribution is -2.09. The van der Waals surface area contributed by atoms with E-state index in [0.29, 0.717) is 17.9 Å². The van der Waals surface area contributed by atoms with Crippen molar-refractivity contribution in [3.05, 3.63) is 23.8 Å². The zero-order valence-corrected chi connectivity index (χ0v) is 13.0. The Kier molecular flexibility index (Phi) is 7.78. The van der Waals surface area contributed by atoms with Crippen molar-refractivity contribution in [1.29, 1.82) is 0 Å². The van der Waals surface area contributed by atoms with E-state index in [1.165, 1.54) is 32.1 Å². The van der Waals surface area contributed by atoms with Crippen molar-refractivity contribution >= 4 is 12.0 Å². The number of ether oxygens (including phenoxy) is 1. The highest BCUT2D eigenvalue weighted by molar-refractivity contribution is 5.80. The molecule has 3 nitrogen and oxygen atoms in total. The molecule has 3 heteroatoms. The number of hydrogen-bond donors (Lipinski definition) is 0. The van der Waals surface area contributed by atoms with Crippen LogP contribution in [-0.2, 0) is 0 Å². The topological polar surface area (TPSA) is 29.5 Å². The second-order valence-corrected chi connectivity index (χ2v) is 5.35. The second kappa shape index (κ2) is 9.40. The molecule has 0 atom stereocenters. The number of aldehydes is 1. The minimum Gasteiger partial charge on any atom is -0.493 e. The summed E-state index contributed by atoms with van der Waals surface area (Å²) < 4.78 is 5.77. The molecule has 1 aromatic rings. The highest BCUT2D eigenvalue weighted by Gasteiger charge is 2.05. The molecule has 112 valence electrons. The standard InChI is InChI=1S/C17H27NO2/c1-4-5-6-7-8-9-12-20-17-13-16(18(2)3)11-10-15(17)14-19/h10-11,13-14H,4-9,12H2,1-3H3. The van der Waals surface area contributed by atoms with Crippen molar-refractivity contribution < 1.29 is 9.53 Å². The maximum absolute atomic E-state index is 11.0. The van der Waals surface area contributed by atoms with E-state index in [1.54, 1.807) is 0 Å². The molecule has 0 unspecified atom stereocenters. The first-order valence-corrected chi connectivity index (χ1v) is 7.58. The van der Waals surface area contributed by atoms with E-state index in [-0.39, 0.29) is 0 Å². The van der Waals surface area contributed by atoms with Gasteiger partial charge in [0, 0.05) is 25.8 Å². The summed E-state index contributed by atoms with van der Waals surface area (Å²) in [5.41, 5.74) is 1.68. The number of benzene rings is 1. The molecular formula is C17H27NO2. The summed E-state index contributed by atoms with van der Waals surface area (Å²) in [5.74, 6) is 0.694. The number of anilines is 1. The van der Waals surface area contributed by atoms with Gasteiger partial charge in [0.05, 0.1) is 12.2 Å². The van der Waals surface area contributed by atoms with Crippen LogP contribution in [0.5, 0.6) is 5.75 Å². The Bertz CT molecular complexity index is 402. The molecule has 0 saturated carbocycles. The van der Waals surface area contributed by atoms with Gasteiger partial charge in [-0.2, -0.15) is 0 Å². The van der Waals surface area contributed by atoms with E-state index in [0.717, 1.165) is 18.4 Å². The lowest BCUT2D eigenvalue weighted by Gasteiger charge is -2.15. The Hall–Kier alpha value is -1.51. The molecule has 1 aromatic carbocycles. The van der Waals surface area contributed by atoms with Crippen LogP contribution >= 0.6 is 0 Å². The molecule has 0 radical (unpaired) electrons. The molecule has 0 N–H and O–H groups in total. The summed E-state index contributed by atoms with van der Waals surface area (Å²) in [6, 6.07) is 5.68. The average Bonchev–Trinajstić information content (AvgIpc) is 2.46. The van der Waals surface area contributed by atoms with Crippen LogP contribution in [0.15, 0.2) is 18.2 Å². The van der Waals surface area contributed by atoms with Crippen LogP contribution in [-0.4, -0.2) is 27.0 Å². The Morgan fingerprint density at radius 3 is 2.45 bits per heavy atom. The smallest absolute Gasteiger partial charge is 0.153 e. The van der Waals surface area contributed by atoms with E-state index in [9.17, 15) is 4.79 Å². The Morgan fingerprint density at radius 1 is 1.10 bits per heavy atom. The van der Waals surface area contributed by atoms with Crippen LogP contribution in [0.2, 0.25) is 0 Å². The Morgan fingerprint density at radius 2 is 1.80 bits per heavy atom. The third-order valence-corrected chi connectivity index (χ3v) is 3.40. The zero-order valence-electron chi connectivity index (χ0n) is 13.0. The molecule has 0 aliphatic carbocycles. The molecule has 0 aliphatic heterocycles. The van der Waals surface area contributed by atoms with Gasteiger partial charge in [-0.3, -0.25) is 4.79 Å². The van der Waals surface area contributed by atoms with E-state index >= 15 is 0 Å². The summed E-state index contributed by atoms with van der Waals surface area (Å²) in [5, 5.41) is 0. The van der Waals surface area contributed by atoms with Crippen molar-refractivity contribution in [1.82, 2.24) is 0 Å². The SMILES string of the molecule is CCCCCCCCOc1cc(N(C)C)ccc1C=O. The van der Waals surface area contributed by atoms with Crippen molar-refractivity contribution in [2.24, 2.45) is 0 Å². The summed E-state index contributed by atoms with van der Waals surface area (Å²) in [4.78, 5) is 13.0. The molecule has 0 heterocycles. The minimum atomic E-state index is 0.626. The molecule has 0 amide bonds. The van der Waals surface area contributed by atoms with Crippen molar-refractivity contribution in [2.75, 3.05) is 25.6 Å². The fraction of sp³-hybridized carbons (Fsp3) is 0.588. The quantitative estimate of drug-likeness (QED) is 0.471. The van der Waals surface area contributed by atoms with Crippen molar-refractivity contribution in [3.8, 4) is 5.75 Å². The Labute approximate surface area is 122 Å². The van der Waals surface area contributed by atoms with Crippen LogP contribution in [0.25, 0.3) is 0 Å². The highest BCUT2D eigenvalue weighted by atomic mass is 16.5. The van der Waals surface area contributed by atoms with E-state index < -0.39 is 0 Å². The molecule has 0 saturated heterocycles. The lowest BCUT2D eigenvalue weighted by atomic mass is 10.1. The van der Waals surface area contributed by atoms with Crippen molar-refractivity contribution in [3.63, 3.8) is 0 Å². The zero-order chi connectivity index (χ0) is 14.8. The van der Waals surface area contributed by atoms with Crippen LogP contribution in [0.1, 0.15) is 55.8 Å². The van der Waals surface area contributed by atoms with Gasteiger partial charge in [-0.15, -0.1) is 0 Å². The molecule has 0 aromatic heterocycles. The van der Waals surface area contributed by atoms with Gasteiger partial charge < -0.3 is 9.64 Å². The third-order valence-electron chi connectivity index (χ3n) is 3.40. The van der Waals surface area contributed by atoms with Gasteiger partial charge >= 0.3 is 0 Å². The van der Waals surface area contributed by atoms with E-state index in [1.807, 2.05) is 37.2 Å².